The third-order valence-electron chi connectivity index (χ3n) is 5.12. The smallest absolute Gasteiger partial charge is 0.221 e. The van der Waals surface area contributed by atoms with Gasteiger partial charge in [0.25, 0.3) is 0 Å². The van der Waals surface area contributed by atoms with Gasteiger partial charge in [-0.2, -0.15) is 0 Å². The molecule has 4 rings (SSSR count). The van der Waals surface area contributed by atoms with Gasteiger partial charge in [0.2, 0.25) is 5.91 Å². The second-order valence-electron chi connectivity index (χ2n) is 7.04. The average Bonchev–Trinajstić information content (AvgIpc) is 3.38. The lowest BCUT2D eigenvalue weighted by Gasteiger charge is -2.17. The molecule has 1 fully saturated rings. The van der Waals surface area contributed by atoms with Crippen LogP contribution in [0.15, 0.2) is 54.7 Å². The monoisotopic (exact) mass is 366 g/mol. The van der Waals surface area contributed by atoms with Crippen molar-refractivity contribution in [3.05, 3.63) is 70.9 Å². The number of hydrogen-bond acceptors (Lipinski definition) is 1. The minimum absolute atomic E-state index is 0.00912. The van der Waals surface area contributed by atoms with Gasteiger partial charge in [0.05, 0.1) is 0 Å². The Hall–Kier alpha value is -2.26. The summed E-state index contributed by atoms with van der Waals surface area (Å²) in [5, 5.41) is 5.04. The van der Waals surface area contributed by atoms with Gasteiger partial charge in [-0.3, -0.25) is 4.79 Å². The molecule has 3 nitrogen and oxygen atoms in total. The lowest BCUT2D eigenvalue weighted by molar-refractivity contribution is -0.121. The largest absolute Gasteiger partial charge is 0.353 e. The third kappa shape index (κ3) is 3.49. The van der Waals surface area contributed by atoms with Crippen LogP contribution >= 0.6 is 11.6 Å². The number of hydrogen-bond donors (Lipinski definition) is 1. The number of rotatable bonds is 6. The van der Waals surface area contributed by atoms with E-state index in [0.717, 1.165) is 24.9 Å². The SMILES string of the molecule is CCn1cc([C@H](CC(=O)NC2CC2)c2cccc(Cl)c2)c2ccccc21. The van der Waals surface area contributed by atoms with Crippen LogP contribution in [-0.4, -0.2) is 16.5 Å². The molecule has 26 heavy (non-hydrogen) atoms. The van der Waals surface area contributed by atoms with E-state index in [1.807, 2.05) is 18.2 Å². The van der Waals surface area contributed by atoms with Crippen LogP contribution in [0, 0.1) is 0 Å². The molecular formula is C22H23ClN2O. The number of para-hydroxylation sites is 1. The minimum atomic E-state index is -0.00912. The van der Waals surface area contributed by atoms with Crippen molar-refractivity contribution in [2.24, 2.45) is 0 Å². The zero-order valence-corrected chi connectivity index (χ0v) is 15.7. The number of nitrogens with one attached hydrogen (secondary N) is 1. The molecule has 4 heteroatoms. The summed E-state index contributed by atoms with van der Waals surface area (Å²) in [7, 11) is 0. The van der Waals surface area contributed by atoms with Gasteiger partial charge in [-0.25, -0.2) is 0 Å². The Bertz CT molecular complexity index is 942. The van der Waals surface area contributed by atoms with Crippen molar-refractivity contribution in [2.45, 2.75) is 44.7 Å². The fourth-order valence-electron chi connectivity index (χ4n) is 3.64. The number of halogens is 1. The molecule has 1 aliphatic carbocycles. The lowest BCUT2D eigenvalue weighted by atomic mass is 9.88. The summed E-state index contributed by atoms with van der Waals surface area (Å²) >= 11 is 6.25. The zero-order valence-electron chi connectivity index (χ0n) is 14.9. The first kappa shape index (κ1) is 17.2. The van der Waals surface area contributed by atoms with Crippen molar-refractivity contribution in [3.8, 4) is 0 Å². The number of nitrogens with zero attached hydrogens (tertiary/aromatic N) is 1. The zero-order chi connectivity index (χ0) is 18.1. The second-order valence-corrected chi connectivity index (χ2v) is 7.48. The molecule has 0 spiro atoms. The molecule has 1 aliphatic rings. The van der Waals surface area contributed by atoms with E-state index in [9.17, 15) is 4.79 Å². The van der Waals surface area contributed by atoms with Crippen molar-refractivity contribution >= 4 is 28.4 Å². The first-order valence-electron chi connectivity index (χ1n) is 9.28. The summed E-state index contributed by atoms with van der Waals surface area (Å²) in [4.78, 5) is 12.6. The van der Waals surface area contributed by atoms with Crippen LogP contribution < -0.4 is 5.32 Å². The fraction of sp³-hybridized carbons (Fsp3) is 0.318. The molecule has 1 N–H and O–H groups in total. The maximum Gasteiger partial charge on any atom is 0.221 e. The van der Waals surface area contributed by atoms with Crippen molar-refractivity contribution in [2.75, 3.05) is 0 Å². The van der Waals surface area contributed by atoms with Gasteiger partial charge in [-0.15, -0.1) is 0 Å². The molecule has 0 bridgehead atoms. The van der Waals surface area contributed by atoms with E-state index >= 15 is 0 Å². The van der Waals surface area contributed by atoms with Crippen LogP contribution in [0.1, 0.15) is 43.2 Å². The quantitative estimate of drug-likeness (QED) is 0.645. The van der Waals surface area contributed by atoms with E-state index in [4.69, 9.17) is 11.6 Å². The highest BCUT2D eigenvalue weighted by atomic mass is 35.5. The summed E-state index contributed by atoms with van der Waals surface area (Å²) in [6.07, 6.45) is 4.83. The maximum atomic E-state index is 12.6. The molecule has 134 valence electrons. The lowest BCUT2D eigenvalue weighted by Crippen LogP contribution is -2.27. The number of fused-ring (bicyclic) bond motifs is 1. The van der Waals surface area contributed by atoms with Gasteiger partial charge in [-0.1, -0.05) is 41.9 Å². The molecule has 1 saturated carbocycles. The average molecular weight is 367 g/mol. The van der Waals surface area contributed by atoms with Gasteiger partial charge < -0.3 is 9.88 Å². The van der Waals surface area contributed by atoms with Crippen molar-refractivity contribution in [3.63, 3.8) is 0 Å². The standard InChI is InChI=1S/C22H23ClN2O/c1-2-25-14-20(18-8-3-4-9-21(18)25)19(13-22(26)24-17-10-11-17)15-6-5-7-16(23)12-15/h3-9,12,14,17,19H,2,10-11,13H2,1H3,(H,24,26)/t19-/m1/s1. The van der Waals surface area contributed by atoms with Crippen LogP contribution in [0.5, 0.6) is 0 Å². The molecule has 1 aromatic heterocycles. The molecule has 0 saturated heterocycles. The van der Waals surface area contributed by atoms with Gasteiger partial charge in [0.1, 0.15) is 0 Å². The fourth-order valence-corrected chi connectivity index (χ4v) is 3.84. The summed E-state index contributed by atoms with van der Waals surface area (Å²) < 4.78 is 2.25. The van der Waals surface area contributed by atoms with E-state index < -0.39 is 0 Å². The highest BCUT2D eigenvalue weighted by Crippen LogP contribution is 2.36. The van der Waals surface area contributed by atoms with Crippen molar-refractivity contribution in [1.82, 2.24) is 9.88 Å². The summed E-state index contributed by atoms with van der Waals surface area (Å²) in [6, 6.07) is 16.7. The molecular weight excluding hydrogens is 344 g/mol. The Morgan fingerprint density at radius 2 is 2.04 bits per heavy atom. The molecule has 0 unspecified atom stereocenters. The van der Waals surface area contributed by atoms with Crippen LogP contribution in [0.4, 0.5) is 0 Å². The number of aromatic nitrogens is 1. The molecule has 0 aliphatic heterocycles. The van der Waals surface area contributed by atoms with Crippen LogP contribution in [-0.2, 0) is 11.3 Å². The number of aryl methyl sites for hydroxylation is 1. The summed E-state index contributed by atoms with van der Waals surface area (Å²) in [6.45, 7) is 3.04. The number of carbonyl (C=O) groups excluding carboxylic acids is 1. The van der Waals surface area contributed by atoms with E-state index in [0.29, 0.717) is 17.5 Å². The summed E-state index contributed by atoms with van der Waals surface area (Å²) in [5.41, 5.74) is 3.48. The predicted molar refractivity (Wildman–Crippen MR) is 107 cm³/mol. The number of carbonyl (C=O) groups is 1. The Morgan fingerprint density at radius 3 is 2.77 bits per heavy atom. The van der Waals surface area contributed by atoms with Gasteiger partial charge in [-0.05, 0) is 49.1 Å². The molecule has 0 radical (unpaired) electrons. The van der Waals surface area contributed by atoms with Gasteiger partial charge >= 0.3 is 0 Å². The number of benzene rings is 2. The van der Waals surface area contributed by atoms with Crippen molar-refractivity contribution in [1.29, 1.82) is 0 Å². The van der Waals surface area contributed by atoms with Crippen LogP contribution in [0.3, 0.4) is 0 Å². The first-order chi connectivity index (χ1) is 12.7. The second kappa shape index (κ2) is 7.16. The van der Waals surface area contributed by atoms with Crippen molar-refractivity contribution < 1.29 is 4.79 Å². The Kier molecular flexibility index (Phi) is 4.73. The van der Waals surface area contributed by atoms with Crippen LogP contribution in [0.2, 0.25) is 5.02 Å². The Balaban J connectivity index is 1.78. The molecule has 1 atom stereocenters. The van der Waals surface area contributed by atoms with E-state index in [1.165, 1.54) is 16.5 Å². The Labute approximate surface area is 159 Å². The molecule has 1 amide bonds. The maximum absolute atomic E-state index is 12.6. The molecule has 3 aromatic rings. The minimum Gasteiger partial charge on any atom is -0.353 e. The normalized spacial score (nSPS) is 15.2. The summed E-state index contributed by atoms with van der Waals surface area (Å²) in [5.74, 6) is 0.107. The number of amides is 1. The Morgan fingerprint density at radius 1 is 1.23 bits per heavy atom. The van der Waals surface area contributed by atoms with Gasteiger partial charge in [0, 0.05) is 47.0 Å². The highest BCUT2D eigenvalue weighted by Gasteiger charge is 2.27. The predicted octanol–water partition coefficient (Wildman–Crippen LogP) is 5.12. The van der Waals surface area contributed by atoms with E-state index in [1.54, 1.807) is 0 Å². The van der Waals surface area contributed by atoms with E-state index in [2.05, 4.69) is 53.3 Å². The molecule has 1 heterocycles. The van der Waals surface area contributed by atoms with Gasteiger partial charge in [0.15, 0.2) is 0 Å². The highest BCUT2D eigenvalue weighted by molar-refractivity contribution is 6.30. The van der Waals surface area contributed by atoms with E-state index in [-0.39, 0.29) is 11.8 Å². The molecule has 2 aromatic carbocycles. The van der Waals surface area contributed by atoms with Crippen LogP contribution in [0.25, 0.3) is 10.9 Å². The third-order valence-corrected chi connectivity index (χ3v) is 5.35. The topological polar surface area (TPSA) is 34.0 Å². The first-order valence-corrected chi connectivity index (χ1v) is 9.66.